The Hall–Kier alpha value is -2.58. The van der Waals surface area contributed by atoms with Gasteiger partial charge in [-0.3, -0.25) is 4.79 Å². The molecule has 2 aromatic carbocycles. The van der Waals surface area contributed by atoms with E-state index < -0.39 is 0 Å². The van der Waals surface area contributed by atoms with Crippen LogP contribution in [0.4, 0.5) is 11.4 Å². The number of carbonyl (C=O) groups is 1. The normalized spacial score (nSPS) is 10.9. The summed E-state index contributed by atoms with van der Waals surface area (Å²) in [4.78, 5) is 12.8. The van der Waals surface area contributed by atoms with Crippen LogP contribution in [-0.4, -0.2) is 19.3 Å². The first kappa shape index (κ1) is 20.7. The molecule has 0 heterocycles. The molecule has 0 bridgehead atoms. The second kappa shape index (κ2) is 8.41. The lowest BCUT2D eigenvalue weighted by Gasteiger charge is -2.24. The Kier molecular flexibility index (Phi) is 6.45. The minimum atomic E-state index is -0.231. The second-order valence-electron chi connectivity index (χ2n) is 7.29. The molecule has 0 spiro atoms. The van der Waals surface area contributed by atoms with Crippen molar-refractivity contribution in [3.8, 4) is 18.1 Å². The van der Waals surface area contributed by atoms with E-state index in [1.807, 2.05) is 31.4 Å². The van der Waals surface area contributed by atoms with Crippen molar-refractivity contribution in [3.63, 3.8) is 0 Å². The van der Waals surface area contributed by atoms with Gasteiger partial charge in [0.15, 0.2) is 5.75 Å². The highest BCUT2D eigenvalue weighted by molar-refractivity contribution is 7.99. The third-order valence-electron chi connectivity index (χ3n) is 4.27. The smallest absolute Gasteiger partial charge is 0.255 e. The van der Waals surface area contributed by atoms with Crippen LogP contribution in [0.15, 0.2) is 30.3 Å². The van der Waals surface area contributed by atoms with Crippen LogP contribution in [0.2, 0.25) is 0 Å². The number of amides is 1. The maximum Gasteiger partial charge on any atom is 0.255 e. The predicted octanol–water partition coefficient (Wildman–Crippen LogP) is 5.22. The molecule has 0 aromatic heterocycles. The van der Waals surface area contributed by atoms with Crippen molar-refractivity contribution < 1.29 is 9.53 Å². The molecule has 0 saturated carbocycles. The number of nitrogens with one attached hydrogen (secondary N) is 2. The van der Waals surface area contributed by atoms with Gasteiger partial charge in [0.1, 0.15) is 0 Å². The van der Waals surface area contributed by atoms with Gasteiger partial charge in [-0.2, -0.15) is 0 Å². The van der Waals surface area contributed by atoms with Crippen LogP contribution < -0.4 is 14.8 Å². The van der Waals surface area contributed by atoms with E-state index in [2.05, 4.69) is 36.7 Å². The fourth-order valence-corrected chi connectivity index (χ4v) is 3.05. The molecule has 0 fully saturated rings. The molecular formula is C22H26N2O2S. The minimum Gasteiger partial charge on any atom is -0.492 e. The Morgan fingerprint density at radius 2 is 1.85 bits per heavy atom. The number of terminal acetylenes is 1. The van der Waals surface area contributed by atoms with Crippen molar-refractivity contribution in [1.82, 2.24) is 0 Å². The monoisotopic (exact) mass is 382 g/mol. The van der Waals surface area contributed by atoms with Crippen molar-refractivity contribution in [2.75, 3.05) is 23.4 Å². The van der Waals surface area contributed by atoms with Crippen molar-refractivity contribution in [1.29, 1.82) is 0 Å². The van der Waals surface area contributed by atoms with Gasteiger partial charge in [0, 0.05) is 17.4 Å². The van der Waals surface area contributed by atoms with Crippen LogP contribution in [-0.2, 0) is 5.41 Å². The standard InChI is InChI=1S/C22H26N2O2S/c1-8-15-11-16(10-9-14(15)2)21(25)23-18-12-17(22(3,4)5)13-19(24-27-7)20(18)26-6/h1,9-13,24H,2-7H3,(H,23,25). The largest absolute Gasteiger partial charge is 0.492 e. The van der Waals surface area contributed by atoms with E-state index in [4.69, 9.17) is 11.2 Å². The lowest BCUT2D eigenvalue weighted by Crippen LogP contribution is -2.16. The highest BCUT2D eigenvalue weighted by Crippen LogP contribution is 2.39. The summed E-state index contributed by atoms with van der Waals surface area (Å²) in [7, 11) is 1.59. The Bertz CT molecular complexity index is 892. The SMILES string of the molecule is C#Cc1cc(C(=O)Nc2cc(C(C)(C)C)cc(NSC)c2OC)ccc1C. The minimum absolute atomic E-state index is 0.0823. The molecule has 142 valence electrons. The predicted molar refractivity (Wildman–Crippen MR) is 116 cm³/mol. The van der Waals surface area contributed by atoms with Gasteiger partial charge in [-0.05, 0) is 47.7 Å². The first-order chi connectivity index (χ1) is 12.7. The van der Waals surface area contributed by atoms with Crippen molar-refractivity contribution >= 4 is 29.2 Å². The molecule has 0 aliphatic rings. The summed E-state index contributed by atoms with van der Waals surface area (Å²) < 4.78 is 8.81. The molecular weight excluding hydrogens is 356 g/mol. The zero-order valence-electron chi connectivity index (χ0n) is 16.7. The van der Waals surface area contributed by atoms with Crippen molar-refractivity contribution in [3.05, 3.63) is 52.6 Å². The van der Waals surface area contributed by atoms with Crippen LogP contribution in [0.25, 0.3) is 0 Å². The first-order valence-corrected chi connectivity index (χ1v) is 9.84. The topological polar surface area (TPSA) is 50.4 Å². The van der Waals surface area contributed by atoms with Gasteiger partial charge in [0.05, 0.1) is 18.5 Å². The van der Waals surface area contributed by atoms with Gasteiger partial charge in [0.25, 0.3) is 5.91 Å². The first-order valence-electron chi connectivity index (χ1n) is 8.61. The van der Waals surface area contributed by atoms with Crippen LogP contribution >= 0.6 is 11.9 Å². The summed E-state index contributed by atoms with van der Waals surface area (Å²) in [6.07, 6.45) is 7.47. The van der Waals surface area contributed by atoms with Crippen LogP contribution in [0.5, 0.6) is 5.75 Å². The fourth-order valence-electron chi connectivity index (χ4n) is 2.67. The van der Waals surface area contributed by atoms with Gasteiger partial charge in [-0.25, -0.2) is 0 Å². The highest BCUT2D eigenvalue weighted by atomic mass is 32.2. The number of aryl methyl sites for hydroxylation is 1. The third kappa shape index (κ3) is 4.78. The average Bonchev–Trinajstić information content (AvgIpc) is 2.61. The Balaban J connectivity index is 2.49. The number of hydrogen-bond donors (Lipinski definition) is 2. The van der Waals surface area contributed by atoms with Gasteiger partial charge in [-0.1, -0.05) is 44.7 Å². The maximum atomic E-state index is 12.8. The molecule has 27 heavy (non-hydrogen) atoms. The molecule has 5 heteroatoms. The Morgan fingerprint density at radius 1 is 1.19 bits per heavy atom. The lowest BCUT2D eigenvalue weighted by molar-refractivity contribution is 0.102. The van der Waals surface area contributed by atoms with Crippen molar-refractivity contribution in [2.45, 2.75) is 33.1 Å². The van der Waals surface area contributed by atoms with Gasteiger partial charge in [0.2, 0.25) is 0 Å². The second-order valence-corrected chi connectivity index (χ2v) is 7.90. The average molecular weight is 383 g/mol. The number of ether oxygens (including phenoxy) is 1. The summed E-state index contributed by atoms with van der Waals surface area (Å²) >= 11 is 1.47. The third-order valence-corrected chi connectivity index (χ3v) is 4.70. The molecule has 0 aliphatic heterocycles. The Morgan fingerprint density at radius 3 is 2.41 bits per heavy atom. The van der Waals surface area contributed by atoms with Crippen LogP contribution in [0.1, 0.15) is 47.8 Å². The molecule has 0 aliphatic carbocycles. The van der Waals surface area contributed by atoms with E-state index >= 15 is 0 Å². The highest BCUT2D eigenvalue weighted by Gasteiger charge is 2.21. The van der Waals surface area contributed by atoms with E-state index in [0.717, 1.165) is 16.8 Å². The zero-order chi connectivity index (χ0) is 20.2. The molecule has 2 N–H and O–H groups in total. The zero-order valence-corrected chi connectivity index (χ0v) is 17.5. The molecule has 4 nitrogen and oxygen atoms in total. The van der Waals surface area contributed by atoms with Gasteiger partial charge < -0.3 is 14.8 Å². The van der Waals surface area contributed by atoms with Crippen molar-refractivity contribution in [2.24, 2.45) is 0 Å². The quantitative estimate of drug-likeness (QED) is 0.549. The number of rotatable bonds is 5. The molecule has 0 atom stereocenters. The number of benzene rings is 2. The molecule has 0 radical (unpaired) electrons. The number of methoxy groups -OCH3 is 1. The number of carbonyl (C=O) groups excluding carboxylic acids is 1. The summed E-state index contributed by atoms with van der Waals surface area (Å²) in [6, 6.07) is 9.36. The molecule has 0 unspecified atom stereocenters. The lowest BCUT2D eigenvalue weighted by atomic mass is 9.86. The van der Waals surface area contributed by atoms with Crippen LogP contribution in [0, 0.1) is 19.3 Å². The molecule has 1 amide bonds. The van der Waals surface area contributed by atoms with Gasteiger partial charge >= 0.3 is 0 Å². The molecule has 2 rings (SSSR count). The summed E-state index contributed by atoms with van der Waals surface area (Å²) in [5, 5.41) is 2.98. The summed E-state index contributed by atoms with van der Waals surface area (Å²) in [6.45, 7) is 8.31. The summed E-state index contributed by atoms with van der Waals surface area (Å²) in [5.41, 5.74) is 4.63. The van der Waals surface area contributed by atoms with Gasteiger partial charge in [-0.15, -0.1) is 6.42 Å². The van der Waals surface area contributed by atoms with E-state index in [0.29, 0.717) is 22.6 Å². The van der Waals surface area contributed by atoms with E-state index in [-0.39, 0.29) is 11.3 Å². The van der Waals surface area contributed by atoms with E-state index in [9.17, 15) is 4.79 Å². The van der Waals surface area contributed by atoms with E-state index in [1.54, 1.807) is 19.2 Å². The fraction of sp³-hybridized carbons (Fsp3) is 0.318. The molecule has 2 aromatic rings. The maximum absolute atomic E-state index is 12.8. The molecule has 0 saturated heterocycles. The number of hydrogen-bond acceptors (Lipinski definition) is 4. The van der Waals surface area contributed by atoms with E-state index in [1.165, 1.54) is 11.9 Å². The number of anilines is 2. The van der Waals surface area contributed by atoms with Crippen LogP contribution in [0.3, 0.4) is 0 Å². The summed E-state index contributed by atoms with van der Waals surface area (Å²) in [5.74, 6) is 2.98. The Labute approximate surface area is 166 Å².